The first-order valence-electron chi connectivity index (χ1n) is 38.8. The van der Waals surface area contributed by atoms with Crippen LogP contribution in [0.25, 0.3) is 126 Å². The number of aromatic nitrogens is 1. The van der Waals surface area contributed by atoms with Crippen LogP contribution in [-0.2, 0) is 16.2 Å². The van der Waals surface area contributed by atoms with E-state index in [1.807, 2.05) is 11.3 Å². The molecule has 5 aliphatic carbocycles. The van der Waals surface area contributed by atoms with Crippen molar-refractivity contribution in [2.75, 3.05) is 9.80 Å². The molecule has 5 aliphatic rings. The first-order valence-corrected chi connectivity index (χ1v) is 39.6. The molecule has 0 saturated carbocycles. The number of thiophene rings is 1. The fourth-order valence-electron chi connectivity index (χ4n) is 21.1. The molecule has 24 rings (SSSR count). The van der Waals surface area contributed by atoms with Gasteiger partial charge in [-0.05, 0) is 231 Å². The first kappa shape index (κ1) is 62.4. The van der Waals surface area contributed by atoms with Gasteiger partial charge in [0.2, 0.25) is 0 Å². The van der Waals surface area contributed by atoms with E-state index in [1.165, 1.54) is 164 Å². The maximum atomic E-state index is 2.53. The highest BCUT2D eigenvalue weighted by atomic mass is 32.1. The summed E-state index contributed by atoms with van der Waals surface area (Å²) in [5.74, 6) is 0. The van der Waals surface area contributed by atoms with Crippen molar-refractivity contribution >= 4 is 87.4 Å². The molecule has 1 unspecified atom stereocenters. The predicted molar refractivity (Wildman–Crippen MR) is 464 cm³/mol. The average Bonchev–Trinajstić information content (AvgIpc) is 1.51. The van der Waals surface area contributed by atoms with Gasteiger partial charge in [0.15, 0.2) is 0 Å². The van der Waals surface area contributed by atoms with Crippen LogP contribution in [0.1, 0.15) is 69.5 Å². The molecule has 3 nitrogen and oxygen atoms in total. The number of para-hydroxylation sites is 1. The molecular formula is C107H69N3S. The van der Waals surface area contributed by atoms with E-state index in [2.05, 4.69) is 410 Å². The number of hydrogen-bond acceptors (Lipinski definition) is 3. The van der Waals surface area contributed by atoms with E-state index >= 15 is 0 Å². The zero-order valence-electron chi connectivity index (χ0n) is 61.1. The lowest BCUT2D eigenvalue weighted by Crippen LogP contribution is -2.26. The van der Waals surface area contributed by atoms with Gasteiger partial charge in [-0.15, -0.1) is 11.3 Å². The normalized spacial score (nSPS) is 14.9. The lowest BCUT2D eigenvalue weighted by molar-refractivity contribution is 0.660. The molecular weight excluding hydrogens is 1360 g/mol. The molecule has 0 amide bonds. The summed E-state index contributed by atoms with van der Waals surface area (Å²) in [6.07, 6.45) is 0. The number of nitrogens with zero attached hydrogens (tertiary/aromatic N) is 3. The maximum Gasteiger partial charge on any atom is 0.0726 e. The number of anilines is 6. The SMILES string of the molecule is CC1(C)c2ccccc2-c2ccc(N(c3ccc4c(c3)-c3ccccc3C43c4ccccc4-c4c(-c5cccc(-n6c7ccccc7c7cc(N(c8ccc(-c9ccccc9)cc8)c8cccc9c8-c8ccccc8C98c9ccccc9-c9ccccc98)ccc76)c5)cccc43)c3ccc4sc5ccccc5c4c3)cc21. The van der Waals surface area contributed by atoms with Crippen molar-refractivity contribution < 1.29 is 0 Å². The molecule has 2 heterocycles. The minimum atomic E-state index is -0.590. The predicted octanol–water partition coefficient (Wildman–Crippen LogP) is 28.4. The Bertz CT molecular complexity index is 7160. The second kappa shape index (κ2) is 23.2. The number of benzene rings is 17. The van der Waals surface area contributed by atoms with Gasteiger partial charge < -0.3 is 14.4 Å². The van der Waals surface area contributed by atoms with Crippen LogP contribution in [0.4, 0.5) is 34.1 Å². The molecule has 518 valence electrons. The van der Waals surface area contributed by atoms with Gasteiger partial charge in [-0.25, -0.2) is 0 Å². The summed E-state index contributed by atoms with van der Waals surface area (Å²) in [5.41, 5.74) is 39.7. The van der Waals surface area contributed by atoms with E-state index in [0.29, 0.717) is 0 Å². The van der Waals surface area contributed by atoms with Gasteiger partial charge in [-0.3, -0.25) is 0 Å². The van der Waals surface area contributed by atoms with E-state index in [9.17, 15) is 0 Å². The third-order valence-electron chi connectivity index (χ3n) is 25.6. The van der Waals surface area contributed by atoms with Crippen LogP contribution in [0, 0.1) is 0 Å². The zero-order valence-corrected chi connectivity index (χ0v) is 61.9. The Hall–Kier alpha value is -13.6. The van der Waals surface area contributed by atoms with E-state index < -0.39 is 10.8 Å². The molecule has 2 aromatic heterocycles. The quantitative estimate of drug-likeness (QED) is 0.143. The summed E-state index contributed by atoms with van der Waals surface area (Å²) in [6.45, 7) is 4.78. The molecule has 2 spiro atoms. The molecule has 0 aliphatic heterocycles. The molecule has 0 N–H and O–H groups in total. The summed E-state index contributed by atoms with van der Waals surface area (Å²) >= 11 is 1.87. The number of fused-ring (bicyclic) bond motifs is 29. The van der Waals surface area contributed by atoms with Crippen molar-refractivity contribution in [3.63, 3.8) is 0 Å². The van der Waals surface area contributed by atoms with Crippen LogP contribution in [-0.4, -0.2) is 4.57 Å². The average molecular weight is 1430 g/mol. The van der Waals surface area contributed by atoms with Gasteiger partial charge in [0.1, 0.15) is 0 Å². The zero-order chi connectivity index (χ0) is 73.0. The molecule has 17 aromatic carbocycles. The van der Waals surface area contributed by atoms with Gasteiger partial charge in [0.25, 0.3) is 0 Å². The fraction of sp³-hybridized carbons (Fsp3) is 0.0467. The van der Waals surface area contributed by atoms with Crippen molar-refractivity contribution in [1.82, 2.24) is 4.57 Å². The van der Waals surface area contributed by atoms with Gasteiger partial charge in [-0.2, -0.15) is 0 Å². The van der Waals surface area contributed by atoms with Crippen LogP contribution < -0.4 is 9.80 Å². The largest absolute Gasteiger partial charge is 0.310 e. The minimum absolute atomic E-state index is 0.173. The Morgan fingerprint density at radius 1 is 0.234 bits per heavy atom. The summed E-state index contributed by atoms with van der Waals surface area (Å²) in [4.78, 5) is 5.05. The van der Waals surface area contributed by atoms with Gasteiger partial charge in [-0.1, -0.05) is 293 Å². The van der Waals surface area contributed by atoms with E-state index in [4.69, 9.17) is 0 Å². The second-order valence-corrected chi connectivity index (χ2v) is 32.3. The number of hydrogen-bond donors (Lipinski definition) is 0. The third-order valence-corrected chi connectivity index (χ3v) is 26.8. The highest BCUT2D eigenvalue weighted by molar-refractivity contribution is 7.25. The summed E-state index contributed by atoms with van der Waals surface area (Å²) < 4.78 is 5.09. The van der Waals surface area contributed by atoms with Crippen molar-refractivity contribution in [3.05, 3.63) is 438 Å². The highest BCUT2D eigenvalue weighted by Gasteiger charge is 2.54. The van der Waals surface area contributed by atoms with Crippen molar-refractivity contribution in [1.29, 1.82) is 0 Å². The van der Waals surface area contributed by atoms with Crippen molar-refractivity contribution in [2.24, 2.45) is 0 Å². The lowest BCUT2D eigenvalue weighted by atomic mass is 9.70. The van der Waals surface area contributed by atoms with Crippen LogP contribution in [0.5, 0.6) is 0 Å². The molecule has 4 heteroatoms. The highest BCUT2D eigenvalue weighted by Crippen LogP contribution is 2.67. The Balaban J connectivity index is 0.653. The Labute approximate surface area is 648 Å². The van der Waals surface area contributed by atoms with Crippen LogP contribution >= 0.6 is 11.3 Å². The molecule has 19 aromatic rings. The molecule has 0 fully saturated rings. The Morgan fingerprint density at radius 2 is 0.676 bits per heavy atom. The summed E-state index contributed by atoms with van der Waals surface area (Å²) in [7, 11) is 0. The Kier molecular flexibility index (Phi) is 13.0. The van der Waals surface area contributed by atoms with Crippen LogP contribution in [0.3, 0.4) is 0 Å². The minimum Gasteiger partial charge on any atom is -0.310 e. The standard InChI is InChI=1S/C107H69N3S/c1-105(2)88-38-14-6-29-76(88)80-57-53-74(65-97(80)105)108(72-56-60-102-87(64-72)82-34-13-21-48-101(82)111-102)71-54-58-94-85(62-71)79-32-9-17-41-91(79)107(94)92-42-18-10-35-83(92)103-75(37-23-44-95(103)107)68-27-22-28-70(61-68)110-98-46-20-12-33-81(98)86-63-73(55-59-99(86)110)109(69-51-49-67(50-52-69)66-25-4-3-5-26-66)100-47-24-45-96-104(100)84-36-11-19-43-93(84)106(96)89-39-15-7-30-77(89)78-31-8-16-40-90(78)106/h3-65H,1-2H3. The molecule has 111 heavy (non-hydrogen) atoms. The van der Waals surface area contributed by atoms with Crippen LogP contribution in [0.2, 0.25) is 0 Å². The molecule has 1 atom stereocenters. The topological polar surface area (TPSA) is 11.4 Å². The smallest absolute Gasteiger partial charge is 0.0726 e. The van der Waals surface area contributed by atoms with E-state index in [-0.39, 0.29) is 5.41 Å². The Morgan fingerprint density at radius 3 is 1.40 bits per heavy atom. The second-order valence-electron chi connectivity index (χ2n) is 31.3. The summed E-state index contributed by atoms with van der Waals surface area (Å²) in [5, 5.41) is 4.95. The maximum absolute atomic E-state index is 2.53. The van der Waals surface area contributed by atoms with Crippen LogP contribution in [0.15, 0.2) is 382 Å². The van der Waals surface area contributed by atoms with Gasteiger partial charge in [0, 0.05) is 76.0 Å². The van der Waals surface area contributed by atoms with Gasteiger partial charge in [0.05, 0.1) is 27.6 Å². The van der Waals surface area contributed by atoms with E-state index in [1.54, 1.807) is 0 Å². The summed E-state index contributed by atoms with van der Waals surface area (Å²) in [6, 6.07) is 145. The molecule has 0 saturated heterocycles. The monoisotopic (exact) mass is 1430 g/mol. The van der Waals surface area contributed by atoms with E-state index in [0.717, 1.165) is 50.8 Å². The van der Waals surface area contributed by atoms with Gasteiger partial charge >= 0.3 is 0 Å². The lowest BCUT2D eigenvalue weighted by Gasteiger charge is -2.32. The molecule has 0 radical (unpaired) electrons. The number of rotatable bonds is 9. The third kappa shape index (κ3) is 8.47. The van der Waals surface area contributed by atoms with Crippen molar-refractivity contribution in [3.8, 4) is 83.6 Å². The van der Waals surface area contributed by atoms with Crippen molar-refractivity contribution in [2.45, 2.75) is 30.1 Å². The first-order chi connectivity index (χ1) is 54.8. The fourth-order valence-corrected chi connectivity index (χ4v) is 22.1. The molecule has 0 bridgehead atoms.